The molecular weight excluding hydrogens is 311 g/mol. The number of nitrogens with two attached hydrogens (primary N) is 2. The number of halogens is 1. The number of nitrogens with one attached hydrogen (secondary N) is 1. The minimum absolute atomic E-state index is 0.0103. The Bertz CT molecular complexity index is 975. The Morgan fingerprint density at radius 2 is 2.04 bits per heavy atom. The van der Waals surface area contributed by atoms with E-state index in [-0.39, 0.29) is 11.6 Å². The highest BCUT2D eigenvalue weighted by Crippen LogP contribution is 2.38. The fourth-order valence-electron chi connectivity index (χ4n) is 2.88. The van der Waals surface area contributed by atoms with E-state index in [1.165, 1.54) is 6.20 Å². The average molecular weight is 326 g/mol. The Hall–Kier alpha value is -3.16. The summed E-state index contributed by atoms with van der Waals surface area (Å²) in [7, 11) is 0. The lowest BCUT2D eigenvalue weighted by Gasteiger charge is -2.22. The van der Waals surface area contributed by atoms with Crippen molar-refractivity contribution in [3.05, 3.63) is 29.8 Å². The van der Waals surface area contributed by atoms with Crippen molar-refractivity contribution in [1.29, 1.82) is 0 Å². The summed E-state index contributed by atoms with van der Waals surface area (Å²) in [6.07, 6.45) is 3.00. The normalized spacial score (nSPS) is 13.2. The van der Waals surface area contributed by atoms with Crippen LogP contribution in [0.15, 0.2) is 18.5 Å². The molecule has 0 saturated heterocycles. The molecule has 2 aromatic heterocycles. The highest BCUT2D eigenvalue weighted by Gasteiger charge is 2.21. The number of nitrogen functional groups attached to an aromatic ring is 2. The van der Waals surface area contributed by atoms with Crippen molar-refractivity contribution in [3.8, 4) is 17.0 Å². The summed E-state index contributed by atoms with van der Waals surface area (Å²) in [6.45, 7) is 3.10. The van der Waals surface area contributed by atoms with Gasteiger partial charge in [-0.1, -0.05) is 0 Å². The quantitative estimate of drug-likeness (QED) is 0.587. The van der Waals surface area contributed by atoms with Gasteiger partial charge in [0.05, 0.1) is 11.2 Å². The largest absolute Gasteiger partial charge is 0.474 e. The van der Waals surface area contributed by atoms with Gasteiger partial charge in [-0.15, -0.1) is 0 Å². The van der Waals surface area contributed by atoms with Crippen LogP contribution in [-0.4, -0.2) is 28.1 Å². The van der Waals surface area contributed by atoms with Crippen molar-refractivity contribution in [2.75, 3.05) is 29.9 Å². The lowest BCUT2D eigenvalue weighted by Crippen LogP contribution is -2.20. The molecule has 0 bridgehead atoms. The number of fused-ring (bicyclic) bond motifs is 2. The van der Waals surface area contributed by atoms with Crippen LogP contribution in [0.25, 0.3) is 22.0 Å². The van der Waals surface area contributed by atoms with Crippen molar-refractivity contribution in [1.82, 2.24) is 15.0 Å². The van der Waals surface area contributed by atoms with E-state index in [1.807, 2.05) is 6.92 Å². The summed E-state index contributed by atoms with van der Waals surface area (Å²) in [5.41, 5.74) is 14.6. The number of anilines is 3. The van der Waals surface area contributed by atoms with Crippen LogP contribution in [0.2, 0.25) is 0 Å². The first kappa shape index (κ1) is 14.4. The van der Waals surface area contributed by atoms with Gasteiger partial charge in [0, 0.05) is 35.5 Å². The van der Waals surface area contributed by atoms with E-state index in [4.69, 9.17) is 16.2 Å². The Balaban J connectivity index is 1.98. The van der Waals surface area contributed by atoms with Crippen LogP contribution in [0.5, 0.6) is 5.88 Å². The highest BCUT2D eigenvalue weighted by atomic mass is 19.1. The molecule has 1 aromatic carbocycles. The summed E-state index contributed by atoms with van der Waals surface area (Å²) in [4.78, 5) is 12.3. The Labute approximate surface area is 136 Å². The zero-order valence-corrected chi connectivity index (χ0v) is 12.9. The zero-order valence-electron chi connectivity index (χ0n) is 12.9. The Morgan fingerprint density at radius 1 is 1.21 bits per heavy atom. The molecule has 0 radical (unpaired) electrons. The molecule has 0 spiro atoms. The molecule has 0 fully saturated rings. The van der Waals surface area contributed by atoms with Crippen LogP contribution in [0.1, 0.15) is 5.56 Å². The number of nitrogens with zero attached hydrogens (tertiary/aromatic N) is 3. The standard InChI is InChI=1S/C16H15FN6O/c1-7-9(5-21-15-14(7)20-2-3-24-15)8-4-11-10(13(18)12(8)17)6-22-16(19)23-11/h4-6,20H,2-3,18H2,1H3,(H2,19,22,23). The van der Waals surface area contributed by atoms with Crippen molar-refractivity contribution in [3.63, 3.8) is 0 Å². The van der Waals surface area contributed by atoms with Crippen molar-refractivity contribution in [2.45, 2.75) is 6.92 Å². The van der Waals surface area contributed by atoms with E-state index in [0.29, 0.717) is 41.1 Å². The first-order chi connectivity index (χ1) is 11.6. The molecule has 1 aliphatic rings. The minimum atomic E-state index is -0.530. The van der Waals surface area contributed by atoms with Crippen LogP contribution in [0, 0.1) is 12.7 Å². The van der Waals surface area contributed by atoms with E-state index in [2.05, 4.69) is 20.3 Å². The van der Waals surface area contributed by atoms with E-state index in [0.717, 1.165) is 11.3 Å². The molecule has 0 unspecified atom stereocenters. The zero-order chi connectivity index (χ0) is 16.8. The fraction of sp³-hybridized carbons (Fsp3) is 0.188. The monoisotopic (exact) mass is 326 g/mol. The number of hydrogen-bond acceptors (Lipinski definition) is 7. The molecule has 3 aromatic rings. The van der Waals surface area contributed by atoms with Gasteiger partial charge in [-0.25, -0.2) is 19.3 Å². The highest BCUT2D eigenvalue weighted by molar-refractivity contribution is 5.95. The summed E-state index contributed by atoms with van der Waals surface area (Å²) in [5.74, 6) is 0.0931. The second-order valence-corrected chi connectivity index (χ2v) is 5.57. The van der Waals surface area contributed by atoms with Crippen LogP contribution in [0.4, 0.5) is 21.7 Å². The molecule has 1 aliphatic heterocycles. The van der Waals surface area contributed by atoms with Crippen molar-refractivity contribution >= 4 is 28.2 Å². The third-order valence-electron chi connectivity index (χ3n) is 4.12. The fourth-order valence-corrected chi connectivity index (χ4v) is 2.88. The van der Waals surface area contributed by atoms with Gasteiger partial charge in [0.25, 0.3) is 0 Å². The molecule has 0 saturated carbocycles. The third kappa shape index (κ3) is 2.07. The van der Waals surface area contributed by atoms with Gasteiger partial charge >= 0.3 is 0 Å². The molecular formula is C16H15FN6O. The van der Waals surface area contributed by atoms with Gasteiger partial charge < -0.3 is 21.5 Å². The molecule has 7 nitrogen and oxygen atoms in total. The second-order valence-electron chi connectivity index (χ2n) is 5.57. The van der Waals surface area contributed by atoms with Crippen molar-refractivity contribution < 1.29 is 9.13 Å². The maximum atomic E-state index is 14.8. The summed E-state index contributed by atoms with van der Waals surface area (Å²) in [6, 6.07) is 1.61. The van der Waals surface area contributed by atoms with Crippen LogP contribution in [0.3, 0.4) is 0 Å². The summed E-state index contributed by atoms with van der Waals surface area (Å²) < 4.78 is 20.3. The number of aromatic nitrogens is 3. The lowest BCUT2D eigenvalue weighted by molar-refractivity contribution is 0.310. The minimum Gasteiger partial charge on any atom is -0.474 e. The summed E-state index contributed by atoms with van der Waals surface area (Å²) in [5, 5.41) is 3.66. The molecule has 0 atom stereocenters. The number of pyridine rings is 1. The number of rotatable bonds is 1. The predicted octanol–water partition coefficient (Wildman–Crippen LogP) is 2.11. The molecule has 8 heteroatoms. The van der Waals surface area contributed by atoms with Gasteiger partial charge in [0.2, 0.25) is 11.8 Å². The van der Waals surface area contributed by atoms with Gasteiger partial charge in [-0.3, -0.25) is 0 Å². The number of hydrogen-bond donors (Lipinski definition) is 3. The first-order valence-corrected chi connectivity index (χ1v) is 7.43. The van der Waals surface area contributed by atoms with E-state index in [1.54, 1.807) is 12.3 Å². The maximum Gasteiger partial charge on any atom is 0.237 e. The molecule has 4 rings (SSSR count). The Morgan fingerprint density at radius 3 is 2.88 bits per heavy atom. The van der Waals surface area contributed by atoms with Gasteiger partial charge in [-0.05, 0) is 18.6 Å². The molecule has 5 N–H and O–H groups in total. The van der Waals surface area contributed by atoms with E-state index < -0.39 is 5.82 Å². The summed E-state index contributed by atoms with van der Waals surface area (Å²) >= 11 is 0. The maximum absolute atomic E-state index is 14.8. The van der Waals surface area contributed by atoms with Crippen LogP contribution < -0.4 is 21.5 Å². The number of benzene rings is 1. The van der Waals surface area contributed by atoms with E-state index in [9.17, 15) is 4.39 Å². The average Bonchev–Trinajstić information content (AvgIpc) is 2.59. The van der Waals surface area contributed by atoms with Gasteiger partial charge in [-0.2, -0.15) is 0 Å². The topological polar surface area (TPSA) is 112 Å². The van der Waals surface area contributed by atoms with Gasteiger partial charge in [0.15, 0.2) is 5.82 Å². The van der Waals surface area contributed by atoms with Crippen LogP contribution >= 0.6 is 0 Å². The first-order valence-electron chi connectivity index (χ1n) is 7.43. The molecule has 122 valence electrons. The second kappa shape index (κ2) is 5.19. The molecule has 24 heavy (non-hydrogen) atoms. The number of ether oxygens (including phenoxy) is 1. The smallest absolute Gasteiger partial charge is 0.237 e. The molecule has 0 amide bonds. The third-order valence-corrected chi connectivity index (χ3v) is 4.12. The molecule has 3 heterocycles. The SMILES string of the molecule is Cc1c(-c2cc3nc(N)ncc3c(N)c2F)cnc2c1NCCO2. The van der Waals surface area contributed by atoms with Crippen LogP contribution in [-0.2, 0) is 0 Å². The molecule has 0 aliphatic carbocycles. The predicted molar refractivity (Wildman–Crippen MR) is 90.3 cm³/mol. The lowest BCUT2D eigenvalue weighted by atomic mass is 9.98. The van der Waals surface area contributed by atoms with Gasteiger partial charge in [0.1, 0.15) is 12.3 Å². The van der Waals surface area contributed by atoms with Crippen molar-refractivity contribution in [2.24, 2.45) is 0 Å². The Kier molecular flexibility index (Phi) is 3.12. The van der Waals surface area contributed by atoms with E-state index >= 15 is 0 Å².